The van der Waals surface area contributed by atoms with Crippen LogP contribution in [0.1, 0.15) is 22.8 Å². The smallest absolute Gasteiger partial charge is 0.164 e. The molecule has 0 saturated carbocycles. The molecule has 146 valence electrons. The van der Waals surface area contributed by atoms with Gasteiger partial charge in [0, 0.05) is 17.0 Å². The first-order valence-electron chi connectivity index (χ1n) is 8.88. The molecule has 5 nitrogen and oxygen atoms in total. The number of aliphatic imine (C=N–C) groups is 1. The van der Waals surface area contributed by atoms with Gasteiger partial charge in [-0.3, -0.25) is 9.79 Å². The zero-order chi connectivity index (χ0) is 19.9. The normalized spacial score (nSPS) is 22.8. The third-order valence-electron chi connectivity index (χ3n) is 4.90. The molecule has 0 aliphatic carbocycles. The third-order valence-corrected chi connectivity index (χ3v) is 7.63. The number of carbonyl (C=O) groups excluding carboxylic acids is 1. The van der Waals surface area contributed by atoms with E-state index in [4.69, 9.17) is 0 Å². The zero-order valence-electron chi connectivity index (χ0n) is 15.2. The molecule has 1 fully saturated rings. The van der Waals surface area contributed by atoms with E-state index in [1.54, 1.807) is 24.3 Å². The van der Waals surface area contributed by atoms with Crippen molar-refractivity contribution in [2.24, 2.45) is 4.99 Å². The minimum absolute atomic E-state index is 0.0323. The molecular weight excluding hydrogens is 399 g/mol. The Morgan fingerprint density at radius 1 is 1.21 bits per heavy atom. The molecular formula is C20H19FN2O3S2. The van der Waals surface area contributed by atoms with Crippen LogP contribution in [0.25, 0.3) is 0 Å². The second-order valence-corrected chi connectivity index (χ2v) is 10.1. The first kappa shape index (κ1) is 19.1. The summed E-state index contributed by atoms with van der Waals surface area (Å²) in [5.41, 5.74) is 2.15. The maximum atomic E-state index is 13.5. The van der Waals surface area contributed by atoms with Gasteiger partial charge >= 0.3 is 0 Å². The number of benzene rings is 2. The van der Waals surface area contributed by atoms with Crippen molar-refractivity contribution < 1.29 is 17.6 Å². The van der Waals surface area contributed by atoms with Gasteiger partial charge in [0.2, 0.25) is 0 Å². The molecule has 2 heterocycles. The number of sulfone groups is 1. The summed E-state index contributed by atoms with van der Waals surface area (Å²) in [6.45, 7) is 1.50. The highest BCUT2D eigenvalue weighted by atomic mass is 32.2. The first-order chi connectivity index (χ1) is 13.3. The number of hydrogen-bond donors (Lipinski definition) is 0. The summed E-state index contributed by atoms with van der Waals surface area (Å²) in [5, 5.41) is 0.704. The lowest BCUT2D eigenvalue weighted by molar-refractivity contribution is 0.101. The van der Waals surface area contributed by atoms with Gasteiger partial charge < -0.3 is 4.90 Å². The molecule has 1 saturated heterocycles. The number of amidine groups is 1. The first-order valence-corrected chi connectivity index (χ1v) is 11.7. The lowest BCUT2D eigenvalue weighted by atomic mass is 10.1. The van der Waals surface area contributed by atoms with Crippen LogP contribution < -0.4 is 4.90 Å². The van der Waals surface area contributed by atoms with Crippen LogP contribution in [0.3, 0.4) is 0 Å². The zero-order valence-corrected chi connectivity index (χ0v) is 16.8. The van der Waals surface area contributed by atoms with Gasteiger partial charge in [0.05, 0.1) is 23.6 Å². The highest BCUT2D eigenvalue weighted by molar-refractivity contribution is 8.13. The number of ketones is 1. The Morgan fingerprint density at radius 3 is 2.75 bits per heavy atom. The number of fused-ring (bicyclic) bond motifs is 1. The maximum Gasteiger partial charge on any atom is 0.164 e. The molecule has 0 amide bonds. The molecule has 2 aromatic carbocycles. The number of rotatable bonds is 4. The molecule has 8 heteroatoms. The summed E-state index contributed by atoms with van der Waals surface area (Å²) >= 11 is 1.45. The van der Waals surface area contributed by atoms with Crippen LogP contribution in [-0.4, -0.2) is 43.0 Å². The molecule has 2 aliphatic heterocycles. The van der Waals surface area contributed by atoms with Gasteiger partial charge in [0.1, 0.15) is 5.82 Å². The fourth-order valence-electron chi connectivity index (χ4n) is 3.58. The largest absolute Gasteiger partial charge is 0.315 e. The van der Waals surface area contributed by atoms with E-state index in [0.29, 0.717) is 16.5 Å². The standard InChI is InChI=1S/C20H19FN2O3S2/c1-13(24)15-5-3-7-17(9-15)23-19-12-28(25,26)11-18(19)22-20(23)27-10-14-4-2-6-16(21)8-14/h2-9,18-19H,10-12H2,1H3/t18-,19-/m1/s1. The second-order valence-electron chi connectivity index (χ2n) is 7.02. The Labute approximate surface area is 167 Å². The number of anilines is 1. The average Bonchev–Trinajstić information content (AvgIpc) is 3.11. The maximum absolute atomic E-state index is 13.5. The van der Waals surface area contributed by atoms with Crippen LogP contribution in [0.5, 0.6) is 0 Å². The van der Waals surface area contributed by atoms with Crippen molar-refractivity contribution in [3.63, 3.8) is 0 Å². The van der Waals surface area contributed by atoms with E-state index >= 15 is 0 Å². The summed E-state index contributed by atoms with van der Waals surface area (Å²) in [6, 6.07) is 13.0. The summed E-state index contributed by atoms with van der Waals surface area (Å²) in [4.78, 5) is 18.4. The minimum Gasteiger partial charge on any atom is -0.315 e. The quantitative estimate of drug-likeness (QED) is 0.713. The van der Waals surface area contributed by atoms with Crippen molar-refractivity contribution in [2.45, 2.75) is 24.8 Å². The molecule has 0 spiro atoms. The Kier molecular flexibility index (Phi) is 5.01. The van der Waals surface area contributed by atoms with Crippen LogP contribution in [0.15, 0.2) is 53.5 Å². The Morgan fingerprint density at radius 2 is 2.00 bits per heavy atom. The monoisotopic (exact) mass is 418 g/mol. The lowest BCUT2D eigenvalue weighted by Gasteiger charge is -2.26. The lowest BCUT2D eigenvalue weighted by Crippen LogP contribution is -2.39. The highest BCUT2D eigenvalue weighted by Gasteiger charge is 2.47. The van der Waals surface area contributed by atoms with Crippen LogP contribution in [-0.2, 0) is 15.6 Å². The van der Waals surface area contributed by atoms with Crippen LogP contribution in [0.4, 0.5) is 10.1 Å². The van der Waals surface area contributed by atoms with Gasteiger partial charge in [-0.15, -0.1) is 0 Å². The van der Waals surface area contributed by atoms with Crippen molar-refractivity contribution in [1.29, 1.82) is 0 Å². The molecule has 0 radical (unpaired) electrons. The van der Waals surface area contributed by atoms with Crippen LogP contribution in [0.2, 0.25) is 0 Å². The van der Waals surface area contributed by atoms with Crippen molar-refractivity contribution in [3.8, 4) is 0 Å². The van der Waals surface area contributed by atoms with Crippen LogP contribution in [0, 0.1) is 5.82 Å². The van der Waals surface area contributed by atoms with E-state index in [-0.39, 0.29) is 35.2 Å². The van der Waals surface area contributed by atoms with Crippen molar-refractivity contribution in [2.75, 3.05) is 16.4 Å². The number of carbonyl (C=O) groups is 1. The summed E-state index contributed by atoms with van der Waals surface area (Å²) in [6.07, 6.45) is 0. The molecule has 0 bridgehead atoms. The number of thioether (sulfide) groups is 1. The topological polar surface area (TPSA) is 66.8 Å². The van der Waals surface area contributed by atoms with Gasteiger partial charge in [-0.05, 0) is 36.8 Å². The molecule has 0 aromatic heterocycles. The fraction of sp³-hybridized carbons (Fsp3) is 0.300. The second kappa shape index (κ2) is 7.33. The number of nitrogens with zero attached hydrogens (tertiary/aromatic N) is 2. The molecule has 2 aromatic rings. The summed E-state index contributed by atoms with van der Waals surface area (Å²) < 4.78 is 37.7. The van der Waals surface area contributed by atoms with Gasteiger partial charge in [-0.25, -0.2) is 12.8 Å². The van der Waals surface area contributed by atoms with Crippen molar-refractivity contribution >= 4 is 38.2 Å². The Balaban J connectivity index is 1.65. The van der Waals surface area contributed by atoms with Gasteiger partial charge in [-0.1, -0.05) is 36.0 Å². The molecule has 2 aliphatic rings. The summed E-state index contributed by atoms with van der Waals surface area (Å²) in [7, 11) is -3.14. The SMILES string of the molecule is CC(=O)c1cccc(N2C(SCc3cccc(F)c3)=N[C@@H]3CS(=O)(=O)C[C@H]32)c1. The van der Waals surface area contributed by atoms with Gasteiger partial charge in [0.15, 0.2) is 20.8 Å². The minimum atomic E-state index is -3.14. The van der Waals surface area contributed by atoms with E-state index in [2.05, 4.69) is 4.99 Å². The molecule has 0 N–H and O–H groups in total. The Hall–Kier alpha value is -2.19. The van der Waals surface area contributed by atoms with Crippen molar-refractivity contribution in [3.05, 3.63) is 65.5 Å². The molecule has 2 atom stereocenters. The highest BCUT2D eigenvalue weighted by Crippen LogP contribution is 2.36. The van der Waals surface area contributed by atoms with E-state index in [1.165, 1.54) is 30.8 Å². The van der Waals surface area contributed by atoms with E-state index < -0.39 is 9.84 Å². The predicted octanol–water partition coefficient (Wildman–Crippen LogP) is 3.30. The average molecular weight is 419 g/mol. The van der Waals surface area contributed by atoms with Crippen LogP contribution >= 0.6 is 11.8 Å². The van der Waals surface area contributed by atoms with E-state index in [9.17, 15) is 17.6 Å². The molecule has 0 unspecified atom stereocenters. The molecule has 4 rings (SSSR count). The third kappa shape index (κ3) is 3.84. The number of halogens is 1. The Bertz CT molecular complexity index is 1070. The van der Waals surface area contributed by atoms with Gasteiger partial charge in [0.25, 0.3) is 0 Å². The number of Topliss-reactive ketones (excluding diaryl/α,β-unsaturated/α-hetero) is 1. The molecule has 28 heavy (non-hydrogen) atoms. The van der Waals surface area contributed by atoms with E-state index in [0.717, 1.165) is 11.3 Å². The fourth-order valence-corrected chi connectivity index (χ4v) is 6.49. The summed E-state index contributed by atoms with van der Waals surface area (Å²) in [5.74, 6) is 0.245. The van der Waals surface area contributed by atoms with Gasteiger partial charge in [-0.2, -0.15) is 0 Å². The van der Waals surface area contributed by atoms with Crippen molar-refractivity contribution in [1.82, 2.24) is 0 Å². The number of hydrogen-bond acceptors (Lipinski definition) is 6. The van der Waals surface area contributed by atoms with E-state index in [1.807, 2.05) is 17.0 Å². The predicted molar refractivity (Wildman–Crippen MR) is 110 cm³/mol.